The van der Waals surface area contributed by atoms with Gasteiger partial charge < -0.3 is 15.0 Å². The van der Waals surface area contributed by atoms with Crippen molar-refractivity contribution in [3.8, 4) is 5.75 Å². The van der Waals surface area contributed by atoms with Gasteiger partial charge in [0.25, 0.3) is 0 Å². The van der Waals surface area contributed by atoms with Gasteiger partial charge in [0.05, 0.1) is 7.11 Å². The van der Waals surface area contributed by atoms with Crippen LogP contribution in [0.5, 0.6) is 5.75 Å². The summed E-state index contributed by atoms with van der Waals surface area (Å²) in [4.78, 5) is 2.41. The molecule has 0 spiro atoms. The number of anilines is 1. The largest absolute Gasteiger partial charge is 0.497 e. The zero-order valence-electron chi connectivity index (χ0n) is 10.4. The predicted molar refractivity (Wildman–Crippen MR) is 75.0 cm³/mol. The molecule has 2 rings (SSSR count). The van der Waals surface area contributed by atoms with E-state index in [-0.39, 0.29) is 0 Å². The first-order valence-corrected chi connectivity index (χ1v) is 6.79. The number of nitrogens with one attached hydrogen (secondary N) is 1. The van der Waals surface area contributed by atoms with E-state index in [1.807, 2.05) is 13.1 Å². The topological polar surface area (TPSA) is 24.5 Å². The second kappa shape index (κ2) is 5.74. The van der Waals surface area contributed by atoms with Gasteiger partial charge in [0.1, 0.15) is 5.75 Å². The highest BCUT2D eigenvalue weighted by molar-refractivity contribution is 9.10. The fraction of sp³-hybridized carbons (Fsp3) is 0.538. The number of hydrogen-bond acceptors (Lipinski definition) is 3. The predicted octanol–water partition coefficient (Wildman–Crippen LogP) is 2.65. The van der Waals surface area contributed by atoms with Crippen LogP contribution in [0.3, 0.4) is 0 Å². The Morgan fingerprint density at radius 2 is 2.24 bits per heavy atom. The number of piperidine rings is 1. The molecule has 94 valence electrons. The number of methoxy groups -OCH3 is 1. The molecule has 4 heteroatoms. The van der Waals surface area contributed by atoms with Gasteiger partial charge in [-0.25, -0.2) is 0 Å². The van der Waals surface area contributed by atoms with Crippen LogP contribution < -0.4 is 15.0 Å². The monoisotopic (exact) mass is 298 g/mol. The van der Waals surface area contributed by atoms with Crippen molar-refractivity contribution in [1.29, 1.82) is 0 Å². The van der Waals surface area contributed by atoms with Gasteiger partial charge in [0, 0.05) is 35.4 Å². The molecule has 1 unspecified atom stereocenters. The van der Waals surface area contributed by atoms with Gasteiger partial charge in [-0.1, -0.05) is 15.9 Å². The number of ether oxygens (including phenoxy) is 1. The Kier molecular flexibility index (Phi) is 4.29. The highest BCUT2D eigenvalue weighted by atomic mass is 79.9. The molecule has 1 aromatic carbocycles. The summed E-state index contributed by atoms with van der Waals surface area (Å²) in [7, 11) is 3.74. The lowest BCUT2D eigenvalue weighted by atomic mass is 10.1. The molecule has 1 aromatic rings. The molecular formula is C13H19BrN2O. The summed E-state index contributed by atoms with van der Waals surface area (Å²) >= 11 is 3.53. The van der Waals surface area contributed by atoms with Crippen molar-refractivity contribution >= 4 is 21.6 Å². The Morgan fingerprint density at radius 3 is 2.94 bits per heavy atom. The number of likely N-dealkylation sites (N-methyl/N-ethyl adjacent to an activating group) is 1. The van der Waals surface area contributed by atoms with Gasteiger partial charge in [-0.3, -0.25) is 0 Å². The molecule has 1 N–H and O–H groups in total. The number of nitrogens with zero attached hydrogens (tertiary/aromatic N) is 1. The molecule has 17 heavy (non-hydrogen) atoms. The Bertz CT molecular complexity index is 384. The second-order valence-electron chi connectivity index (χ2n) is 4.42. The zero-order chi connectivity index (χ0) is 12.3. The molecule has 0 bridgehead atoms. The van der Waals surface area contributed by atoms with Crippen LogP contribution in [0.2, 0.25) is 0 Å². The van der Waals surface area contributed by atoms with Crippen LogP contribution in [0.4, 0.5) is 5.69 Å². The van der Waals surface area contributed by atoms with Gasteiger partial charge in [-0.15, -0.1) is 0 Å². The lowest BCUT2D eigenvalue weighted by Gasteiger charge is -2.34. The van der Waals surface area contributed by atoms with Crippen LogP contribution in [-0.2, 0) is 0 Å². The number of hydrogen-bond donors (Lipinski definition) is 1. The summed E-state index contributed by atoms with van der Waals surface area (Å²) in [6.45, 7) is 2.19. The molecule has 3 nitrogen and oxygen atoms in total. The normalized spacial score (nSPS) is 20.4. The zero-order valence-corrected chi connectivity index (χ0v) is 12.0. The summed E-state index contributed by atoms with van der Waals surface area (Å²) in [6, 6.07) is 6.83. The minimum atomic E-state index is 0.591. The third-order valence-electron chi connectivity index (χ3n) is 3.29. The Balaban J connectivity index is 2.18. The molecule has 0 radical (unpaired) electrons. The molecule has 1 atom stereocenters. The smallest absolute Gasteiger partial charge is 0.122 e. The van der Waals surface area contributed by atoms with Gasteiger partial charge in [0.2, 0.25) is 0 Å². The van der Waals surface area contributed by atoms with Crippen molar-refractivity contribution in [2.45, 2.75) is 18.9 Å². The minimum Gasteiger partial charge on any atom is -0.497 e. The van der Waals surface area contributed by atoms with Crippen LogP contribution in [-0.4, -0.2) is 33.3 Å². The number of benzene rings is 1. The third kappa shape index (κ3) is 3.13. The highest BCUT2D eigenvalue weighted by Gasteiger charge is 2.19. The van der Waals surface area contributed by atoms with Gasteiger partial charge in [-0.2, -0.15) is 0 Å². The SMILES string of the molecule is CNC1CCCN(c2cc(Br)cc(OC)c2)C1. The standard InChI is InChI=1S/C13H19BrN2O/c1-15-11-4-3-5-16(9-11)12-6-10(14)7-13(8-12)17-2/h6-8,11,15H,3-5,9H2,1-2H3. The molecular weight excluding hydrogens is 280 g/mol. The Hall–Kier alpha value is -0.740. The first-order valence-electron chi connectivity index (χ1n) is 5.99. The molecule has 0 amide bonds. The molecule has 0 aromatic heterocycles. The minimum absolute atomic E-state index is 0.591. The summed E-state index contributed by atoms with van der Waals surface area (Å²) < 4.78 is 6.38. The van der Waals surface area contributed by atoms with E-state index < -0.39 is 0 Å². The number of rotatable bonds is 3. The van der Waals surface area contributed by atoms with Crippen molar-refractivity contribution in [2.75, 3.05) is 32.1 Å². The van der Waals surface area contributed by atoms with E-state index in [0.717, 1.165) is 23.3 Å². The van der Waals surface area contributed by atoms with Gasteiger partial charge >= 0.3 is 0 Å². The van der Waals surface area contributed by atoms with Crippen molar-refractivity contribution in [1.82, 2.24) is 5.32 Å². The van der Waals surface area contributed by atoms with Crippen LogP contribution in [0.25, 0.3) is 0 Å². The lowest BCUT2D eigenvalue weighted by molar-refractivity contribution is 0.413. The number of halogens is 1. The average molecular weight is 299 g/mol. The van der Waals surface area contributed by atoms with E-state index >= 15 is 0 Å². The van der Waals surface area contributed by atoms with E-state index in [1.165, 1.54) is 18.5 Å². The van der Waals surface area contributed by atoms with E-state index in [4.69, 9.17) is 4.74 Å². The first kappa shape index (κ1) is 12.7. The molecule has 1 saturated heterocycles. The maximum absolute atomic E-state index is 5.31. The van der Waals surface area contributed by atoms with E-state index in [1.54, 1.807) is 7.11 Å². The summed E-state index contributed by atoms with van der Waals surface area (Å²) in [5.74, 6) is 0.904. The lowest BCUT2D eigenvalue weighted by Crippen LogP contribution is -2.44. The van der Waals surface area contributed by atoms with E-state index in [0.29, 0.717) is 6.04 Å². The molecule has 1 aliphatic rings. The summed E-state index contributed by atoms with van der Waals surface area (Å²) in [6.07, 6.45) is 2.50. The summed E-state index contributed by atoms with van der Waals surface area (Å²) in [5, 5.41) is 3.36. The van der Waals surface area contributed by atoms with E-state index in [2.05, 4.69) is 38.3 Å². The molecule has 0 aliphatic carbocycles. The van der Waals surface area contributed by atoms with Gasteiger partial charge in [0.15, 0.2) is 0 Å². The fourth-order valence-corrected chi connectivity index (χ4v) is 2.76. The quantitative estimate of drug-likeness (QED) is 0.928. The first-order chi connectivity index (χ1) is 8.22. The van der Waals surface area contributed by atoms with Crippen molar-refractivity contribution in [3.05, 3.63) is 22.7 Å². The van der Waals surface area contributed by atoms with Crippen molar-refractivity contribution in [2.24, 2.45) is 0 Å². The van der Waals surface area contributed by atoms with Crippen molar-refractivity contribution in [3.63, 3.8) is 0 Å². The van der Waals surface area contributed by atoms with Gasteiger partial charge in [-0.05, 0) is 32.0 Å². The van der Waals surface area contributed by atoms with Crippen molar-refractivity contribution < 1.29 is 4.74 Å². The highest BCUT2D eigenvalue weighted by Crippen LogP contribution is 2.28. The maximum Gasteiger partial charge on any atom is 0.122 e. The Morgan fingerprint density at radius 1 is 1.41 bits per heavy atom. The molecule has 1 heterocycles. The van der Waals surface area contributed by atoms with Crippen LogP contribution in [0.1, 0.15) is 12.8 Å². The average Bonchev–Trinajstić information content (AvgIpc) is 2.38. The maximum atomic E-state index is 5.31. The molecule has 0 saturated carbocycles. The fourth-order valence-electron chi connectivity index (χ4n) is 2.30. The second-order valence-corrected chi connectivity index (χ2v) is 5.34. The van der Waals surface area contributed by atoms with Crippen LogP contribution >= 0.6 is 15.9 Å². The Labute approximate surface area is 111 Å². The van der Waals surface area contributed by atoms with Crippen LogP contribution in [0, 0.1) is 0 Å². The van der Waals surface area contributed by atoms with E-state index in [9.17, 15) is 0 Å². The van der Waals surface area contributed by atoms with Crippen LogP contribution in [0.15, 0.2) is 22.7 Å². The summed E-state index contributed by atoms with van der Waals surface area (Å²) in [5.41, 5.74) is 1.23. The third-order valence-corrected chi connectivity index (χ3v) is 3.74. The molecule has 1 fully saturated rings. The molecule has 1 aliphatic heterocycles.